The maximum absolute atomic E-state index is 13.0. The number of benzene rings is 1. The number of nitrogens with two attached hydrogens (primary N) is 1. The van der Waals surface area contributed by atoms with Gasteiger partial charge >= 0.3 is 0 Å². The quantitative estimate of drug-likeness (QED) is 0.869. The third-order valence-electron chi connectivity index (χ3n) is 3.42. The minimum Gasteiger partial charge on any atom is -0.374 e. The van der Waals surface area contributed by atoms with Crippen molar-refractivity contribution in [1.82, 2.24) is 0 Å². The molecule has 18 heavy (non-hydrogen) atoms. The Morgan fingerprint density at radius 1 is 1.44 bits per heavy atom. The molecule has 0 saturated carbocycles. The van der Waals surface area contributed by atoms with Gasteiger partial charge < -0.3 is 10.5 Å². The molecule has 0 saturated heterocycles. The van der Waals surface area contributed by atoms with Gasteiger partial charge in [-0.15, -0.1) is 0 Å². The van der Waals surface area contributed by atoms with Gasteiger partial charge in [-0.25, -0.2) is 4.39 Å². The number of ether oxygens (including phenoxy) is 1. The van der Waals surface area contributed by atoms with E-state index in [1.54, 1.807) is 6.07 Å². The second-order valence-corrected chi connectivity index (χ2v) is 5.50. The van der Waals surface area contributed by atoms with E-state index in [1.165, 1.54) is 12.1 Å². The van der Waals surface area contributed by atoms with E-state index in [4.69, 9.17) is 10.5 Å². The summed E-state index contributed by atoms with van der Waals surface area (Å²) in [4.78, 5) is 0. The van der Waals surface area contributed by atoms with Gasteiger partial charge in [-0.2, -0.15) is 0 Å². The average molecular weight is 318 g/mol. The molecule has 0 fully saturated rings. The lowest BCUT2D eigenvalue weighted by Crippen LogP contribution is -2.48. The van der Waals surface area contributed by atoms with Crippen LogP contribution in [0.2, 0.25) is 0 Å². The van der Waals surface area contributed by atoms with Gasteiger partial charge in [-0.1, -0.05) is 28.9 Å². The maximum atomic E-state index is 13.0. The second-order valence-electron chi connectivity index (χ2n) is 4.65. The molecule has 1 rings (SSSR count). The Morgan fingerprint density at radius 3 is 2.61 bits per heavy atom. The molecule has 0 aromatic heterocycles. The van der Waals surface area contributed by atoms with Gasteiger partial charge in [0, 0.05) is 17.1 Å². The molecule has 1 aromatic carbocycles. The summed E-state index contributed by atoms with van der Waals surface area (Å²) >= 11 is 3.37. The molecule has 1 aromatic rings. The van der Waals surface area contributed by atoms with Crippen LogP contribution in [-0.2, 0) is 11.2 Å². The highest BCUT2D eigenvalue weighted by molar-refractivity contribution is 9.10. The Balaban J connectivity index is 2.82. The van der Waals surface area contributed by atoms with E-state index >= 15 is 0 Å². The van der Waals surface area contributed by atoms with Crippen LogP contribution in [0.25, 0.3) is 0 Å². The Morgan fingerprint density at radius 2 is 2.11 bits per heavy atom. The van der Waals surface area contributed by atoms with Crippen molar-refractivity contribution in [3.05, 3.63) is 34.1 Å². The van der Waals surface area contributed by atoms with Crippen LogP contribution in [0.5, 0.6) is 0 Å². The molecular formula is C14H21BrFNO. The molecule has 0 aliphatic rings. The molecule has 2 atom stereocenters. The van der Waals surface area contributed by atoms with Crippen molar-refractivity contribution in [3.8, 4) is 0 Å². The first-order chi connectivity index (χ1) is 8.42. The molecule has 2 nitrogen and oxygen atoms in total. The van der Waals surface area contributed by atoms with Crippen LogP contribution in [0.15, 0.2) is 22.7 Å². The van der Waals surface area contributed by atoms with Gasteiger partial charge in [0.15, 0.2) is 0 Å². The number of hydrogen-bond acceptors (Lipinski definition) is 2. The van der Waals surface area contributed by atoms with E-state index in [-0.39, 0.29) is 17.5 Å². The zero-order valence-corrected chi connectivity index (χ0v) is 12.8. The minimum absolute atomic E-state index is 0.121. The zero-order chi connectivity index (χ0) is 13.8. The Kier molecular flexibility index (Phi) is 5.76. The van der Waals surface area contributed by atoms with Crippen molar-refractivity contribution in [3.63, 3.8) is 0 Å². The third-order valence-corrected chi connectivity index (χ3v) is 4.15. The molecular weight excluding hydrogens is 297 g/mol. The van der Waals surface area contributed by atoms with Gasteiger partial charge in [-0.3, -0.25) is 0 Å². The van der Waals surface area contributed by atoms with E-state index in [0.29, 0.717) is 13.0 Å². The van der Waals surface area contributed by atoms with Crippen molar-refractivity contribution < 1.29 is 9.13 Å². The Hall–Kier alpha value is -0.450. The predicted molar refractivity (Wildman–Crippen MR) is 76.1 cm³/mol. The molecule has 0 radical (unpaired) electrons. The van der Waals surface area contributed by atoms with Crippen LogP contribution < -0.4 is 5.73 Å². The van der Waals surface area contributed by atoms with E-state index in [2.05, 4.69) is 22.9 Å². The largest absolute Gasteiger partial charge is 0.374 e. The van der Waals surface area contributed by atoms with Crippen LogP contribution in [0.1, 0.15) is 32.8 Å². The highest BCUT2D eigenvalue weighted by atomic mass is 79.9. The summed E-state index contributed by atoms with van der Waals surface area (Å²) in [7, 11) is 0. The van der Waals surface area contributed by atoms with E-state index in [0.717, 1.165) is 16.5 Å². The lowest BCUT2D eigenvalue weighted by atomic mass is 9.89. The van der Waals surface area contributed by atoms with Crippen molar-refractivity contribution >= 4 is 15.9 Å². The van der Waals surface area contributed by atoms with Crippen LogP contribution in [0.3, 0.4) is 0 Å². The standard InChI is InChI=1S/C14H21BrFNO/c1-4-14(3,18-5-2)13(17)8-10-6-7-11(16)9-12(10)15/h6-7,9,13H,4-5,8,17H2,1-3H3. The number of rotatable bonds is 6. The van der Waals surface area contributed by atoms with Gasteiger partial charge in [0.1, 0.15) is 5.82 Å². The first kappa shape index (κ1) is 15.6. The first-order valence-electron chi connectivity index (χ1n) is 6.26. The lowest BCUT2D eigenvalue weighted by molar-refractivity contribution is -0.0461. The minimum atomic E-state index is -0.345. The number of hydrogen-bond donors (Lipinski definition) is 1. The van der Waals surface area contributed by atoms with Crippen LogP contribution in [-0.4, -0.2) is 18.2 Å². The summed E-state index contributed by atoms with van der Waals surface area (Å²) < 4.78 is 19.5. The monoisotopic (exact) mass is 317 g/mol. The van der Waals surface area contributed by atoms with Crippen LogP contribution >= 0.6 is 15.9 Å². The average Bonchev–Trinajstić information content (AvgIpc) is 2.32. The van der Waals surface area contributed by atoms with Gasteiger partial charge in [0.25, 0.3) is 0 Å². The summed E-state index contributed by atoms with van der Waals surface area (Å²) in [6, 6.07) is 4.56. The topological polar surface area (TPSA) is 35.2 Å². The predicted octanol–water partition coefficient (Wildman–Crippen LogP) is 3.66. The summed E-state index contributed by atoms with van der Waals surface area (Å²) in [5.41, 5.74) is 6.91. The molecule has 0 bridgehead atoms. The summed E-state index contributed by atoms with van der Waals surface area (Å²) in [6.45, 7) is 6.70. The number of halogens is 2. The molecule has 2 N–H and O–H groups in total. The third kappa shape index (κ3) is 3.77. The molecule has 4 heteroatoms. The highest BCUT2D eigenvalue weighted by Gasteiger charge is 2.30. The molecule has 0 heterocycles. The van der Waals surface area contributed by atoms with Crippen LogP contribution in [0.4, 0.5) is 4.39 Å². The molecule has 2 unspecified atom stereocenters. The molecule has 0 aliphatic heterocycles. The molecule has 0 spiro atoms. The fraction of sp³-hybridized carbons (Fsp3) is 0.571. The highest BCUT2D eigenvalue weighted by Crippen LogP contribution is 2.25. The molecule has 0 aliphatic carbocycles. The Labute approximate surface area is 117 Å². The van der Waals surface area contributed by atoms with Crippen molar-refractivity contribution in [1.29, 1.82) is 0 Å². The van der Waals surface area contributed by atoms with Crippen molar-refractivity contribution in [2.45, 2.75) is 45.3 Å². The smallest absolute Gasteiger partial charge is 0.124 e. The normalized spacial score (nSPS) is 16.3. The molecule has 102 valence electrons. The zero-order valence-electron chi connectivity index (χ0n) is 11.2. The Bertz CT molecular complexity index is 399. The van der Waals surface area contributed by atoms with Crippen molar-refractivity contribution in [2.75, 3.05) is 6.61 Å². The molecule has 0 amide bonds. The van der Waals surface area contributed by atoms with E-state index in [1.807, 2.05) is 13.8 Å². The summed E-state index contributed by atoms with van der Waals surface area (Å²) in [5.74, 6) is -0.248. The summed E-state index contributed by atoms with van der Waals surface area (Å²) in [6.07, 6.45) is 1.51. The second kappa shape index (κ2) is 6.64. The van der Waals surface area contributed by atoms with Gasteiger partial charge in [0.05, 0.1) is 5.60 Å². The lowest BCUT2D eigenvalue weighted by Gasteiger charge is -2.34. The van der Waals surface area contributed by atoms with Gasteiger partial charge in [0.2, 0.25) is 0 Å². The van der Waals surface area contributed by atoms with E-state index < -0.39 is 0 Å². The maximum Gasteiger partial charge on any atom is 0.124 e. The van der Waals surface area contributed by atoms with Crippen LogP contribution in [0, 0.1) is 5.82 Å². The fourth-order valence-corrected chi connectivity index (χ4v) is 2.45. The first-order valence-corrected chi connectivity index (χ1v) is 7.05. The van der Waals surface area contributed by atoms with Crippen molar-refractivity contribution in [2.24, 2.45) is 5.73 Å². The van der Waals surface area contributed by atoms with E-state index in [9.17, 15) is 4.39 Å². The SMILES string of the molecule is CCOC(C)(CC)C(N)Cc1ccc(F)cc1Br. The summed E-state index contributed by atoms with van der Waals surface area (Å²) in [5, 5.41) is 0. The fourth-order valence-electron chi connectivity index (χ4n) is 1.94. The van der Waals surface area contributed by atoms with Gasteiger partial charge in [-0.05, 0) is 44.4 Å².